The first kappa shape index (κ1) is 14.4. The molecule has 0 fully saturated rings. The lowest BCUT2D eigenvalue weighted by atomic mass is 10.1. The molecule has 0 aliphatic heterocycles. The Hall–Kier alpha value is -1.59. The molecule has 0 saturated heterocycles. The first-order valence-corrected chi connectivity index (χ1v) is 8.80. The molecule has 0 aliphatic rings. The molecule has 3 rings (SSSR count). The van der Waals surface area contributed by atoms with E-state index in [4.69, 9.17) is 5.73 Å². The van der Waals surface area contributed by atoms with Crippen molar-refractivity contribution in [3.63, 3.8) is 0 Å². The van der Waals surface area contributed by atoms with Gasteiger partial charge in [0, 0.05) is 5.75 Å². The minimum atomic E-state index is 0.586. The summed E-state index contributed by atoms with van der Waals surface area (Å²) in [5.74, 6) is 3.15. The largest absolute Gasteiger partial charge is 0.383 e. The first-order chi connectivity index (χ1) is 10.1. The lowest BCUT2D eigenvalue weighted by Gasteiger charge is -2.05. The molecule has 2 N–H and O–H groups in total. The lowest BCUT2D eigenvalue weighted by Crippen LogP contribution is -1.98. The van der Waals surface area contributed by atoms with Crippen LogP contribution in [0.3, 0.4) is 0 Å². The standard InChI is InChI=1S/C16H17N3S2/c1-10-5-11(2)7-12(6-10)8-20-9-14-18-15(17)13-3-4-21-16(13)19-14/h3-7H,8-9H2,1-2H3,(H2,17,18,19). The second kappa shape index (κ2) is 6.03. The number of fused-ring (bicyclic) bond motifs is 1. The predicted octanol–water partition coefficient (Wildman–Crippen LogP) is 4.32. The van der Waals surface area contributed by atoms with E-state index < -0.39 is 0 Å². The third kappa shape index (κ3) is 3.36. The van der Waals surface area contributed by atoms with Gasteiger partial charge in [-0.1, -0.05) is 29.3 Å². The Morgan fingerprint density at radius 2 is 1.86 bits per heavy atom. The quantitative estimate of drug-likeness (QED) is 0.779. The van der Waals surface area contributed by atoms with Gasteiger partial charge in [-0.15, -0.1) is 23.1 Å². The van der Waals surface area contributed by atoms with Gasteiger partial charge in [0.25, 0.3) is 0 Å². The molecule has 0 amide bonds. The van der Waals surface area contributed by atoms with Crippen molar-refractivity contribution in [2.75, 3.05) is 5.73 Å². The van der Waals surface area contributed by atoms with E-state index in [9.17, 15) is 0 Å². The highest BCUT2D eigenvalue weighted by Gasteiger charge is 2.06. The number of anilines is 1. The van der Waals surface area contributed by atoms with E-state index in [1.165, 1.54) is 16.7 Å². The Bertz CT molecular complexity index is 760. The molecule has 0 unspecified atom stereocenters. The molecule has 108 valence electrons. The summed E-state index contributed by atoms with van der Waals surface area (Å²) in [6.07, 6.45) is 0. The third-order valence-electron chi connectivity index (χ3n) is 3.18. The Balaban J connectivity index is 1.68. The van der Waals surface area contributed by atoms with Crippen molar-refractivity contribution < 1.29 is 0 Å². The van der Waals surface area contributed by atoms with Crippen molar-refractivity contribution in [3.8, 4) is 0 Å². The number of benzene rings is 1. The summed E-state index contributed by atoms with van der Waals surface area (Å²) in [6, 6.07) is 8.64. The van der Waals surface area contributed by atoms with Crippen LogP contribution in [0.2, 0.25) is 0 Å². The maximum atomic E-state index is 5.97. The Kier molecular flexibility index (Phi) is 4.12. The topological polar surface area (TPSA) is 51.8 Å². The number of thiophene rings is 1. The smallest absolute Gasteiger partial charge is 0.142 e. The van der Waals surface area contributed by atoms with Gasteiger partial charge in [0.05, 0.1) is 11.1 Å². The van der Waals surface area contributed by atoms with Crippen LogP contribution in [0.15, 0.2) is 29.6 Å². The van der Waals surface area contributed by atoms with E-state index in [-0.39, 0.29) is 0 Å². The van der Waals surface area contributed by atoms with Crippen molar-refractivity contribution in [1.29, 1.82) is 0 Å². The van der Waals surface area contributed by atoms with E-state index in [0.717, 1.165) is 27.5 Å². The fraction of sp³-hybridized carbons (Fsp3) is 0.250. The molecular formula is C16H17N3S2. The van der Waals surface area contributed by atoms with Crippen molar-refractivity contribution >= 4 is 39.1 Å². The van der Waals surface area contributed by atoms with Gasteiger partial charge in [-0.3, -0.25) is 0 Å². The summed E-state index contributed by atoms with van der Waals surface area (Å²) in [6.45, 7) is 4.27. The van der Waals surface area contributed by atoms with E-state index >= 15 is 0 Å². The highest BCUT2D eigenvalue weighted by molar-refractivity contribution is 7.97. The number of nitrogens with zero attached hydrogens (tertiary/aromatic N) is 2. The second-order valence-electron chi connectivity index (χ2n) is 5.15. The van der Waals surface area contributed by atoms with E-state index in [1.807, 2.05) is 23.2 Å². The van der Waals surface area contributed by atoms with Gasteiger partial charge >= 0.3 is 0 Å². The zero-order valence-corrected chi connectivity index (χ0v) is 13.7. The van der Waals surface area contributed by atoms with Crippen molar-refractivity contribution in [2.24, 2.45) is 0 Å². The molecule has 3 aromatic rings. The Labute approximate surface area is 132 Å². The number of nitrogen functional groups attached to an aromatic ring is 1. The Morgan fingerprint density at radius 3 is 2.62 bits per heavy atom. The van der Waals surface area contributed by atoms with Gasteiger partial charge < -0.3 is 5.73 Å². The molecular weight excluding hydrogens is 298 g/mol. The van der Waals surface area contributed by atoms with Crippen molar-refractivity contribution in [2.45, 2.75) is 25.4 Å². The van der Waals surface area contributed by atoms with Crippen LogP contribution in [0, 0.1) is 13.8 Å². The van der Waals surface area contributed by atoms with Gasteiger partial charge in [-0.25, -0.2) is 9.97 Å². The molecule has 0 aliphatic carbocycles. The molecule has 5 heteroatoms. The van der Waals surface area contributed by atoms with E-state index in [0.29, 0.717) is 5.82 Å². The average Bonchev–Trinajstić information content (AvgIpc) is 2.86. The van der Waals surface area contributed by atoms with Gasteiger partial charge in [0.15, 0.2) is 0 Å². The summed E-state index contributed by atoms with van der Waals surface area (Å²) in [5.41, 5.74) is 9.94. The molecule has 0 saturated carbocycles. The highest BCUT2D eigenvalue weighted by atomic mass is 32.2. The molecule has 1 aromatic carbocycles. The number of aromatic nitrogens is 2. The summed E-state index contributed by atoms with van der Waals surface area (Å²) in [5, 5.41) is 2.96. The van der Waals surface area contributed by atoms with Crippen LogP contribution >= 0.6 is 23.1 Å². The van der Waals surface area contributed by atoms with Gasteiger partial charge in [-0.2, -0.15) is 0 Å². The van der Waals surface area contributed by atoms with E-state index in [2.05, 4.69) is 42.0 Å². The van der Waals surface area contributed by atoms with Gasteiger partial charge in [0.2, 0.25) is 0 Å². The van der Waals surface area contributed by atoms with E-state index in [1.54, 1.807) is 11.3 Å². The Morgan fingerprint density at radius 1 is 1.10 bits per heavy atom. The summed E-state index contributed by atoms with van der Waals surface area (Å²) in [7, 11) is 0. The highest BCUT2D eigenvalue weighted by Crippen LogP contribution is 2.25. The molecule has 3 nitrogen and oxygen atoms in total. The van der Waals surface area contributed by atoms with Crippen LogP contribution in [-0.2, 0) is 11.5 Å². The number of hydrogen-bond donors (Lipinski definition) is 1. The summed E-state index contributed by atoms with van der Waals surface area (Å²) >= 11 is 3.43. The number of rotatable bonds is 4. The zero-order valence-electron chi connectivity index (χ0n) is 12.1. The number of nitrogens with two attached hydrogens (primary N) is 1. The minimum absolute atomic E-state index is 0.586. The monoisotopic (exact) mass is 315 g/mol. The maximum absolute atomic E-state index is 5.97. The second-order valence-corrected chi connectivity index (χ2v) is 7.03. The molecule has 0 spiro atoms. The summed E-state index contributed by atoms with van der Waals surface area (Å²) < 4.78 is 0. The normalized spacial score (nSPS) is 11.1. The van der Waals surface area contributed by atoms with Crippen LogP contribution in [0.5, 0.6) is 0 Å². The van der Waals surface area contributed by atoms with Crippen LogP contribution in [0.4, 0.5) is 5.82 Å². The number of thioether (sulfide) groups is 1. The lowest BCUT2D eigenvalue weighted by molar-refractivity contribution is 1.08. The zero-order chi connectivity index (χ0) is 14.8. The van der Waals surface area contributed by atoms with Crippen molar-refractivity contribution in [1.82, 2.24) is 9.97 Å². The van der Waals surface area contributed by atoms with Crippen LogP contribution in [0.1, 0.15) is 22.5 Å². The third-order valence-corrected chi connectivity index (χ3v) is 4.99. The molecule has 0 radical (unpaired) electrons. The number of hydrogen-bond acceptors (Lipinski definition) is 5. The van der Waals surface area contributed by atoms with Crippen LogP contribution < -0.4 is 5.73 Å². The summed E-state index contributed by atoms with van der Waals surface area (Å²) in [4.78, 5) is 9.94. The van der Waals surface area contributed by atoms with Crippen LogP contribution in [-0.4, -0.2) is 9.97 Å². The predicted molar refractivity (Wildman–Crippen MR) is 92.7 cm³/mol. The van der Waals surface area contributed by atoms with Crippen LogP contribution in [0.25, 0.3) is 10.2 Å². The fourth-order valence-corrected chi connectivity index (χ4v) is 4.01. The first-order valence-electron chi connectivity index (χ1n) is 6.76. The maximum Gasteiger partial charge on any atom is 0.142 e. The average molecular weight is 315 g/mol. The van der Waals surface area contributed by atoms with Gasteiger partial charge in [-0.05, 0) is 30.9 Å². The number of aryl methyl sites for hydroxylation is 2. The van der Waals surface area contributed by atoms with Gasteiger partial charge in [0.1, 0.15) is 16.5 Å². The molecule has 2 aromatic heterocycles. The molecule has 0 atom stereocenters. The SMILES string of the molecule is Cc1cc(C)cc(CSCc2nc(N)c3ccsc3n2)c1. The molecule has 21 heavy (non-hydrogen) atoms. The fourth-order valence-electron chi connectivity index (χ4n) is 2.40. The van der Waals surface area contributed by atoms with Crippen molar-refractivity contribution in [3.05, 3.63) is 52.2 Å². The molecule has 0 bridgehead atoms. The minimum Gasteiger partial charge on any atom is -0.383 e. The molecule has 2 heterocycles.